The van der Waals surface area contributed by atoms with Crippen molar-refractivity contribution in [2.75, 3.05) is 52.6 Å². The van der Waals surface area contributed by atoms with E-state index >= 15 is 0 Å². The molecule has 2 aliphatic heterocycles. The highest BCUT2D eigenvalue weighted by Crippen LogP contribution is 2.11. The summed E-state index contributed by atoms with van der Waals surface area (Å²) in [4.78, 5) is 15.6. The molecule has 2 aliphatic rings. The summed E-state index contributed by atoms with van der Waals surface area (Å²) in [6.07, 6.45) is -0.588. The highest BCUT2D eigenvalue weighted by atomic mass is 16.5. The van der Waals surface area contributed by atoms with Gasteiger partial charge in [-0.25, -0.2) is 4.79 Å². The van der Waals surface area contributed by atoms with Crippen molar-refractivity contribution in [3.63, 3.8) is 0 Å². The molecule has 0 aromatic rings. The molecule has 0 saturated carbocycles. The molecular formula is C11H20N2O5. The summed E-state index contributed by atoms with van der Waals surface area (Å²) in [6, 6.07) is -0.0708. The van der Waals surface area contributed by atoms with Crippen molar-refractivity contribution >= 4 is 6.03 Å². The maximum atomic E-state index is 12.3. The second-order valence-corrected chi connectivity index (χ2v) is 4.53. The molecule has 2 atom stereocenters. The molecule has 2 saturated heterocycles. The number of rotatable bonds is 2. The van der Waals surface area contributed by atoms with Gasteiger partial charge in [0, 0.05) is 13.1 Å². The Morgan fingerprint density at radius 1 is 1.00 bits per heavy atom. The van der Waals surface area contributed by atoms with Crippen LogP contribution in [0.15, 0.2) is 0 Å². The summed E-state index contributed by atoms with van der Waals surface area (Å²) < 4.78 is 10.6. The van der Waals surface area contributed by atoms with Gasteiger partial charge < -0.3 is 29.5 Å². The molecule has 0 unspecified atom stereocenters. The summed E-state index contributed by atoms with van der Waals surface area (Å²) in [5, 5.41) is 18.1. The van der Waals surface area contributed by atoms with E-state index in [9.17, 15) is 4.79 Å². The van der Waals surface area contributed by atoms with Crippen molar-refractivity contribution in [1.29, 1.82) is 0 Å². The second-order valence-electron chi connectivity index (χ2n) is 4.53. The van der Waals surface area contributed by atoms with E-state index in [1.54, 1.807) is 9.80 Å². The largest absolute Gasteiger partial charge is 0.394 e. The number of morpholine rings is 2. The third-order valence-corrected chi connectivity index (χ3v) is 3.23. The maximum Gasteiger partial charge on any atom is 0.320 e. The van der Waals surface area contributed by atoms with E-state index in [1.165, 1.54) is 0 Å². The van der Waals surface area contributed by atoms with Gasteiger partial charge in [0.05, 0.1) is 51.7 Å². The number of aliphatic hydroxyl groups is 2. The van der Waals surface area contributed by atoms with E-state index in [0.29, 0.717) is 39.4 Å². The zero-order valence-corrected chi connectivity index (χ0v) is 10.3. The fourth-order valence-corrected chi connectivity index (χ4v) is 2.21. The molecule has 0 radical (unpaired) electrons. The molecule has 7 heteroatoms. The number of aliphatic hydroxyl groups excluding tert-OH is 2. The fourth-order valence-electron chi connectivity index (χ4n) is 2.21. The lowest BCUT2D eigenvalue weighted by Crippen LogP contribution is -2.55. The molecule has 7 nitrogen and oxygen atoms in total. The van der Waals surface area contributed by atoms with Crippen LogP contribution in [0.4, 0.5) is 4.79 Å². The molecule has 2 N–H and O–H groups in total. The van der Waals surface area contributed by atoms with Crippen molar-refractivity contribution in [3.05, 3.63) is 0 Å². The van der Waals surface area contributed by atoms with E-state index in [1.807, 2.05) is 0 Å². The van der Waals surface area contributed by atoms with E-state index in [-0.39, 0.29) is 31.5 Å². The Balaban J connectivity index is 1.89. The van der Waals surface area contributed by atoms with E-state index in [4.69, 9.17) is 19.7 Å². The van der Waals surface area contributed by atoms with Crippen molar-refractivity contribution in [3.8, 4) is 0 Å². The minimum atomic E-state index is -0.294. The first-order valence-electron chi connectivity index (χ1n) is 6.23. The van der Waals surface area contributed by atoms with Gasteiger partial charge in [0.1, 0.15) is 0 Å². The van der Waals surface area contributed by atoms with Crippen LogP contribution in [-0.4, -0.2) is 90.9 Å². The van der Waals surface area contributed by atoms with Gasteiger partial charge in [-0.3, -0.25) is 0 Å². The number of carbonyl (C=O) groups excluding carboxylic acids is 1. The Labute approximate surface area is 106 Å². The number of ether oxygens (including phenoxy) is 2. The van der Waals surface area contributed by atoms with Gasteiger partial charge in [0.15, 0.2) is 0 Å². The average Bonchev–Trinajstić information content (AvgIpc) is 2.46. The standard InChI is InChI=1S/C11H20N2O5/c14-7-9-5-12(1-3-17-9)11(16)13-2-4-18-10(6-13)8-15/h9-10,14-15H,1-8H2/t9-,10-/m1/s1. The monoisotopic (exact) mass is 260 g/mol. The van der Waals surface area contributed by atoms with Gasteiger partial charge in [0.25, 0.3) is 0 Å². The van der Waals surface area contributed by atoms with Gasteiger partial charge >= 0.3 is 6.03 Å². The fraction of sp³-hybridized carbons (Fsp3) is 0.909. The first-order chi connectivity index (χ1) is 8.74. The Bertz CT molecular complexity index is 263. The first kappa shape index (κ1) is 13.5. The van der Waals surface area contributed by atoms with Crippen LogP contribution in [0.5, 0.6) is 0 Å². The number of carbonyl (C=O) groups is 1. The van der Waals surface area contributed by atoms with Crippen molar-refractivity contribution in [2.45, 2.75) is 12.2 Å². The second kappa shape index (κ2) is 6.33. The predicted molar refractivity (Wildman–Crippen MR) is 62.2 cm³/mol. The smallest absolute Gasteiger partial charge is 0.320 e. The lowest BCUT2D eigenvalue weighted by molar-refractivity contribution is -0.0619. The van der Waals surface area contributed by atoms with Crippen LogP contribution >= 0.6 is 0 Å². The summed E-state index contributed by atoms with van der Waals surface area (Å²) >= 11 is 0. The quantitative estimate of drug-likeness (QED) is 0.631. The van der Waals surface area contributed by atoms with E-state index in [0.717, 1.165) is 0 Å². The van der Waals surface area contributed by atoms with Gasteiger partial charge in [-0.2, -0.15) is 0 Å². The normalized spacial score (nSPS) is 29.4. The molecule has 18 heavy (non-hydrogen) atoms. The van der Waals surface area contributed by atoms with Gasteiger partial charge in [0.2, 0.25) is 0 Å². The Morgan fingerprint density at radius 2 is 1.44 bits per heavy atom. The number of hydrogen-bond acceptors (Lipinski definition) is 5. The molecule has 0 aliphatic carbocycles. The van der Waals surface area contributed by atoms with Crippen molar-refractivity contribution in [2.24, 2.45) is 0 Å². The van der Waals surface area contributed by atoms with Gasteiger partial charge in [-0.15, -0.1) is 0 Å². The lowest BCUT2D eigenvalue weighted by atomic mass is 10.2. The molecule has 2 fully saturated rings. The molecule has 104 valence electrons. The summed E-state index contributed by atoms with van der Waals surface area (Å²) in [5.74, 6) is 0. The minimum absolute atomic E-state index is 0.0708. The topological polar surface area (TPSA) is 82.5 Å². The Morgan fingerprint density at radius 3 is 1.83 bits per heavy atom. The van der Waals surface area contributed by atoms with Crippen molar-refractivity contribution < 1.29 is 24.5 Å². The van der Waals surface area contributed by atoms with Crippen LogP contribution in [0, 0.1) is 0 Å². The lowest BCUT2D eigenvalue weighted by Gasteiger charge is -2.38. The molecule has 2 amide bonds. The molecule has 2 rings (SSSR count). The first-order valence-corrected chi connectivity index (χ1v) is 6.23. The van der Waals surface area contributed by atoms with E-state index < -0.39 is 0 Å². The Kier molecular flexibility index (Phi) is 4.76. The maximum absolute atomic E-state index is 12.3. The predicted octanol–water partition coefficient (Wildman–Crippen LogP) is -1.51. The van der Waals surface area contributed by atoms with Crippen LogP contribution in [0.3, 0.4) is 0 Å². The third kappa shape index (κ3) is 3.11. The number of nitrogens with zero attached hydrogens (tertiary/aromatic N) is 2. The molecular weight excluding hydrogens is 240 g/mol. The summed E-state index contributed by atoms with van der Waals surface area (Å²) in [5.41, 5.74) is 0. The highest BCUT2D eigenvalue weighted by Gasteiger charge is 2.30. The average molecular weight is 260 g/mol. The van der Waals surface area contributed by atoms with Gasteiger partial charge in [-0.1, -0.05) is 0 Å². The van der Waals surface area contributed by atoms with Crippen LogP contribution in [0.25, 0.3) is 0 Å². The number of amides is 2. The van der Waals surface area contributed by atoms with Crippen LogP contribution < -0.4 is 0 Å². The molecule has 2 heterocycles. The number of urea groups is 1. The molecule has 0 aromatic carbocycles. The third-order valence-electron chi connectivity index (χ3n) is 3.23. The van der Waals surface area contributed by atoms with Crippen LogP contribution in [0.2, 0.25) is 0 Å². The van der Waals surface area contributed by atoms with Crippen LogP contribution in [0.1, 0.15) is 0 Å². The molecule has 0 aromatic heterocycles. The SMILES string of the molecule is O=C(N1CCO[C@@H](CO)C1)N1CCO[C@@H](CO)C1. The van der Waals surface area contributed by atoms with Crippen LogP contribution in [-0.2, 0) is 9.47 Å². The van der Waals surface area contributed by atoms with Crippen molar-refractivity contribution in [1.82, 2.24) is 9.80 Å². The van der Waals surface area contributed by atoms with Gasteiger partial charge in [-0.05, 0) is 0 Å². The Hall–Kier alpha value is -0.890. The number of hydrogen-bond donors (Lipinski definition) is 2. The van der Waals surface area contributed by atoms with E-state index in [2.05, 4.69) is 0 Å². The summed E-state index contributed by atoms with van der Waals surface area (Å²) in [7, 11) is 0. The molecule has 0 bridgehead atoms. The highest BCUT2D eigenvalue weighted by molar-refractivity contribution is 5.74. The molecule has 0 spiro atoms. The zero-order valence-electron chi connectivity index (χ0n) is 10.3. The minimum Gasteiger partial charge on any atom is -0.394 e. The summed E-state index contributed by atoms with van der Waals surface area (Å²) in [6.45, 7) is 2.65. The zero-order chi connectivity index (χ0) is 13.0.